The lowest BCUT2D eigenvalue weighted by Crippen LogP contribution is -2.42. The molecule has 3 rings (SSSR count). The normalized spacial score (nSPS) is 17.7. The highest BCUT2D eigenvalue weighted by molar-refractivity contribution is 7.89. The third kappa shape index (κ3) is 4.43. The third-order valence-electron chi connectivity index (χ3n) is 5.20. The standard InChI is InChI=1S/C21H25FN2O4S/c1-14-7-9-17(22)13-18(14)23-21(25)16-8-10-19(28-3)20(12-16)29(26,27)24-11-5-4-6-15(24)2/h7-10,12-13,15H,4-6,11H2,1-3H3,(H,23,25)/t15-/m1/s1. The molecule has 1 saturated heterocycles. The topological polar surface area (TPSA) is 75.7 Å². The van der Waals surface area contributed by atoms with Crippen molar-refractivity contribution in [1.29, 1.82) is 0 Å². The molecule has 2 aromatic carbocycles. The van der Waals surface area contributed by atoms with Crippen molar-refractivity contribution < 1.29 is 22.3 Å². The summed E-state index contributed by atoms with van der Waals surface area (Å²) in [6.45, 7) is 4.06. The fraction of sp³-hybridized carbons (Fsp3) is 0.381. The van der Waals surface area contributed by atoms with Gasteiger partial charge in [-0.05, 0) is 62.6 Å². The fourth-order valence-electron chi connectivity index (χ4n) is 3.50. The number of benzene rings is 2. The number of nitrogens with zero attached hydrogens (tertiary/aromatic N) is 1. The number of piperidine rings is 1. The number of hydrogen-bond donors (Lipinski definition) is 1. The molecule has 1 N–H and O–H groups in total. The minimum absolute atomic E-state index is 0.0441. The van der Waals surface area contributed by atoms with E-state index in [1.165, 1.54) is 41.7 Å². The van der Waals surface area contributed by atoms with Crippen LogP contribution >= 0.6 is 0 Å². The van der Waals surface area contributed by atoms with Gasteiger partial charge in [-0.25, -0.2) is 12.8 Å². The van der Waals surface area contributed by atoms with E-state index in [1.807, 2.05) is 6.92 Å². The Hall–Kier alpha value is -2.45. The zero-order valence-corrected chi connectivity index (χ0v) is 17.6. The molecule has 1 heterocycles. The Bertz CT molecular complexity index is 1020. The number of carbonyl (C=O) groups is 1. The first-order valence-corrected chi connectivity index (χ1v) is 11.0. The Balaban J connectivity index is 1.96. The van der Waals surface area contributed by atoms with E-state index in [1.54, 1.807) is 13.0 Å². The number of ether oxygens (including phenoxy) is 1. The van der Waals surface area contributed by atoms with E-state index in [0.717, 1.165) is 19.3 Å². The Morgan fingerprint density at radius 3 is 2.66 bits per heavy atom. The average Bonchev–Trinajstić information content (AvgIpc) is 2.70. The lowest BCUT2D eigenvalue weighted by molar-refractivity contribution is 0.102. The highest BCUT2D eigenvalue weighted by atomic mass is 32.2. The number of nitrogens with one attached hydrogen (secondary N) is 1. The van der Waals surface area contributed by atoms with E-state index in [-0.39, 0.29) is 22.3 Å². The van der Waals surface area contributed by atoms with E-state index in [4.69, 9.17) is 4.74 Å². The molecule has 0 aromatic heterocycles. The van der Waals surface area contributed by atoms with Crippen LogP contribution in [0.2, 0.25) is 0 Å². The number of amides is 1. The molecule has 0 spiro atoms. The molecule has 1 aliphatic rings. The van der Waals surface area contributed by atoms with Gasteiger partial charge in [-0.2, -0.15) is 4.31 Å². The van der Waals surface area contributed by atoms with Gasteiger partial charge in [0.15, 0.2) is 0 Å². The summed E-state index contributed by atoms with van der Waals surface area (Å²) in [4.78, 5) is 12.7. The molecule has 6 nitrogen and oxygen atoms in total. The molecule has 0 bridgehead atoms. The maximum atomic E-state index is 13.5. The van der Waals surface area contributed by atoms with Crippen molar-refractivity contribution >= 4 is 21.6 Å². The first-order chi connectivity index (χ1) is 13.7. The van der Waals surface area contributed by atoms with Crippen LogP contribution in [-0.4, -0.2) is 38.3 Å². The summed E-state index contributed by atoms with van der Waals surface area (Å²) in [6, 6.07) is 8.25. The van der Waals surface area contributed by atoms with Crippen LogP contribution in [0.5, 0.6) is 5.75 Å². The summed E-state index contributed by atoms with van der Waals surface area (Å²) >= 11 is 0. The molecule has 0 aliphatic carbocycles. The quantitative estimate of drug-likeness (QED) is 0.795. The number of halogens is 1. The molecule has 1 fully saturated rings. The number of rotatable bonds is 5. The highest BCUT2D eigenvalue weighted by Gasteiger charge is 2.33. The molecule has 2 aromatic rings. The maximum Gasteiger partial charge on any atom is 0.255 e. The number of methoxy groups -OCH3 is 1. The van der Waals surface area contributed by atoms with Gasteiger partial charge in [0.2, 0.25) is 10.0 Å². The molecule has 1 atom stereocenters. The second-order valence-corrected chi connectivity index (χ2v) is 9.10. The van der Waals surface area contributed by atoms with Gasteiger partial charge in [0.1, 0.15) is 16.5 Å². The van der Waals surface area contributed by atoms with Crippen LogP contribution in [0.1, 0.15) is 42.1 Å². The summed E-state index contributed by atoms with van der Waals surface area (Å²) in [5.41, 5.74) is 1.18. The second kappa shape index (κ2) is 8.51. The average molecular weight is 421 g/mol. The van der Waals surface area contributed by atoms with Crippen LogP contribution in [-0.2, 0) is 10.0 Å². The van der Waals surface area contributed by atoms with E-state index in [9.17, 15) is 17.6 Å². The van der Waals surface area contributed by atoms with Gasteiger partial charge in [0.25, 0.3) is 5.91 Å². The van der Waals surface area contributed by atoms with Crippen molar-refractivity contribution in [2.75, 3.05) is 19.0 Å². The molecule has 29 heavy (non-hydrogen) atoms. The zero-order chi connectivity index (χ0) is 21.2. The predicted molar refractivity (Wildman–Crippen MR) is 109 cm³/mol. The molecular weight excluding hydrogens is 395 g/mol. The summed E-state index contributed by atoms with van der Waals surface area (Å²) < 4.78 is 46.8. The SMILES string of the molecule is COc1ccc(C(=O)Nc2cc(F)ccc2C)cc1S(=O)(=O)N1CCCC[C@H]1C. The van der Waals surface area contributed by atoms with Crippen molar-refractivity contribution in [1.82, 2.24) is 4.31 Å². The lowest BCUT2D eigenvalue weighted by atomic mass is 10.1. The van der Waals surface area contributed by atoms with Crippen molar-refractivity contribution in [2.24, 2.45) is 0 Å². The lowest BCUT2D eigenvalue weighted by Gasteiger charge is -2.32. The Labute approximate surface area is 170 Å². The Morgan fingerprint density at radius 2 is 1.97 bits per heavy atom. The van der Waals surface area contributed by atoms with E-state index in [2.05, 4.69) is 5.32 Å². The van der Waals surface area contributed by atoms with Gasteiger partial charge in [-0.1, -0.05) is 12.5 Å². The minimum Gasteiger partial charge on any atom is -0.495 e. The number of carbonyl (C=O) groups excluding carboxylic acids is 1. The first-order valence-electron chi connectivity index (χ1n) is 9.51. The molecule has 0 saturated carbocycles. The van der Waals surface area contributed by atoms with Gasteiger partial charge in [0.05, 0.1) is 7.11 Å². The van der Waals surface area contributed by atoms with Gasteiger partial charge in [0, 0.05) is 23.8 Å². The van der Waals surface area contributed by atoms with Crippen molar-refractivity contribution in [3.05, 3.63) is 53.3 Å². The van der Waals surface area contributed by atoms with Crippen LogP contribution in [0.15, 0.2) is 41.3 Å². The Kier molecular flexibility index (Phi) is 6.24. The van der Waals surface area contributed by atoms with E-state index >= 15 is 0 Å². The second-order valence-electron chi connectivity index (χ2n) is 7.24. The fourth-order valence-corrected chi connectivity index (χ4v) is 5.38. The molecule has 0 radical (unpaired) electrons. The molecule has 8 heteroatoms. The predicted octanol–water partition coefficient (Wildman–Crippen LogP) is 3.96. The van der Waals surface area contributed by atoms with Crippen LogP contribution in [0.25, 0.3) is 0 Å². The maximum absolute atomic E-state index is 13.5. The largest absolute Gasteiger partial charge is 0.495 e. The van der Waals surface area contributed by atoms with Gasteiger partial charge in [-0.15, -0.1) is 0 Å². The van der Waals surface area contributed by atoms with Crippen molar-refractivity contribution in [2.45, 2.75) is 44.0 Å². The van der Waals surface area contributed by atoms with Gasteiger partial charge >= 0.3 is 0 Å². The number of hydrogen-bond acceptors (Lipinski definition) is 4. The smallest absolute Gasteiger partial charge is 0.255 e. The van der Waals surface area contributed by atoms with E-state index < -0.39 is 21.7 Å². The molecule has 1 aliphatic heterocycles. The molecule has 1 amide bonds. The number of anilines is 1. The minimum atomic E-state index is -3.83. The zero-order valence-electron chi connectivity index (χ0n) is 16.7. The van der Waals surface area contributed by atoms with E-state index in [0.29, 0.717) is 17.8 Å². The van der Waals surface area contributed by atoms with Gasteiger partial charge in [-0.3, -0.25) is 4.79 Å². The summed E-state index contributed by atoms with van der Waals surface area (Å²) in [6.07, 6.45) is 2.57. The summed E-state index contributed by atoms with van der Waals surface area (Å²) in [7, 11) is -2.44. The highest BCUT2D eigenvalue weighted by Crippen LogP contribution is 2.32. The first kappa shape index (κ1) is 21.3. The molecule has 0 unspecified atom stereocenters. The van der Waals surface area contributed by atoms with Crippen LogP contribution < -0.4 is 10.1 Å². The van der Waals surface area contributed by atoms with Crippen LogP contribution in [0.3, 0.4) is 0 Å². The third-order valence-corrected chi connectivity index (χ3v) is 7.24. The number of aryl methyl sites for hydroxylation is 1. The van der Waals surface area contributed by atoms with Crippen molar-refractivity contribution in [3.8, 4) is 5.75 Å². The van der Waals surface area contributed by atoms with Gasteiger partial charge < -0.3 is 10.1 Å². The summed E-state index contributed by atoms with van der Waals surface area (Å²) in [5.74, 6) is -0.811. The van der Waals surface area contributed by atoms with Crippen LogP contribution in [0.4, 0.5) is 10.1 Å². The molecule has 156 valence electrons. The molecular formula is C21H25FN2O4S. The number of sulfonamides is 1. The Morgan fingerprint density at radius 1 is 1.21 bits per heavy atom. The monoisotopic (exact) mass is 420 g/mol. The van der Waals surface area contributed by atoms with Crippen molar-refractivity contribution in [3.63, 3.8) is 0 Å². The van der Waals surface area contributed by atoms with Crippen LogP contribution in [0, 0.1) is 12.7 Å². The summed E-state index contributed by atoms with van der Waals surface area (Å²) in [5, 5.41) is 2.64.